The van der Waals surface area contributed by atoms with Crippen molar-refractivity contribution >= 4 is 22.8 Å². The van der Waals surface area contributed by atoms with Crippen LogP contribution in [0, 0.1) is 17.2 Å². The van der Waals surface area contributed by atoms with Crippen LogP contribution in [0.5, 0.6) is 0 Å². The van der Waals surface area contributed by atoms with E-state index in [9.17, 15) is 14.9 Å². The van der Waals surface area contributed by atoms with Crippen LogP contribution in [-0.2, 0) is 13.1 Å². The molecule has 5 rings (SSSR count). The zero-order chi connectivity index (χ0) is 21.5. The monoisotopic (exact) mass is 431 g/mol. The third kappa shape index (κ3) is 3.56. The summed E-state index contributed by atoms with van der Waals surface area (Å²) in [6, 6.07) is 16.2. The molecule has 2 aromatic carbocycles. The van der Waals surface area contributed by atoms with Gasteiger partial charge in [0, 0.05) is 18.1 Å². The van der Waals surface area contributed by atoms with Gasteiger partial charge in [0.25, 0.3) is 5.56 Å². The Morgan fingerprint density at radius 2 is 1.90 bits per heavy atom. The molecule has 2 heterocycles. The predicted octanol–water partition coefficient (Wildman–Crippen LogP) is 3.33. The average Bonchev–Trinajstić information content (AvgIpc) is 3.51. The minimum atomic E-state index is -0.400. The van der Waals surface area contributed by atoms with Crippen LogP contribution in [0.3, 0.4) is 0 Å². The molecule has 1 aliphatic rings. The number of imidazole rings is 1. The van der Waals surface area contributed by atoms with Crippen LogP contribution in [0.4, 0.5) is 0 Å². The van der Waals surface area contributed by atoms with Crippen LogP contribution in [0.2, 0.25) is 5.02 Å². The molecular formula is C23H18ClN5O2. The maximum Gasteiger partial charge on any atom is 0.337 e. The molecule has 0 aliphatic heterocycles. The summed E-state index contributed by atoms with van der Waals surface area (Å²) in [6.45, 7) is 0.764. The Hall–Kier alpha value is -3.63. The van der Waals surface area contributed by atoms with E-state index in [4.69, 9.17) is 11.6 Å². The van der Waals surface area contributed by atoms with E-state index in [0.717, 1.165) is 18.4 Å². The van der Waals surface area contributed by atoms with E-state index in [1.54, 1.807) is 47.3 Å². The molecule has 0 spiro atoms. The quantitative estimate of drug-likeness (QED) is 0.485. The molecule has 1 aliphatic carbocycles. The molecule has 8 heteroatoms. The van der Waals surface area contributed by atoms with Gasteiger partial charge in [0.05, 0.1) is 23.6 Å². The Kier molecular flexibility index (Phi) is 4.72. The topological polar surface area (TPSA) is 85.6 Å². The lowest BCUT2D eigenvalue weighted by atomic mass is 10.1. The van der Waals surface area contributed by atoms with Crippen LogP contribution in [0.15, 0.2) is 64.4 Å². The highest BCUT2D eigenvalue weighted by molar-refractivity contribution is 6.30. The Labute approximate surface area is 182 Å². The number of fused-ring (bicyclic) bond motifs is 1. The van der Waals surface area contributed by atoms with Gasteiger partial charge in [0.1, 0.15) is 0 Å². The Morgan fingerprint density at radius 3 is 2.61 bits per heavy atom. The molecule has 2 aromatic heterocycles. The minimum absolute atomic E-state index is 0.306. The summed E-state index contributed by atoms with van der Waals surface area (Å²) in [7, 11) is 0. The molecule has 31 heavy (non-hydrogen) atoms. The molecular weight excluding hydrogens is 414 g/mol. The maximum absolute atomic E-state index is 13.4. The number of rotatable bonds is 5. The summed E-state index contributed by atoms with van der Waals surface area (Å²) < 4.78 is 4.53. The lowest BCUT2D eigenvalue weighted by Crippen LogP contribution is -2.40. The SMILES string of the molecule is N#Cc1cccc(Cn2cnc3c2c(=O)n(CC2CC2)c(=O)n3-c2ccc(Cl)cc2)c1. The largest absolute Gasteiger partial charge is 0.337 e. The molecule has 1 saturated carbocycles. The van der Waals surface area contributed by atoms with Gasteiger partial charge in [-0.05, 0) is 60.7 Å². The second-order valence-corrected chi connectivity index (χ2v) is 8.25. The molecule has 0 N–H and O–H groups in total. The van der Waals surface area contributed by atoms with Crippen LogP contribution in [0.25, 0.3) is 16.9 Å². The lowest BCUT2D eigenvalue weighted by Gasteiger charge is -2.13. The summed E-state index contributed by atoms with van der Waals surface area (Å²) in [6.07, 6.45) is 3.61. The number of aromatic nitrogens is 4. The highest BCUT2D eigenvalue weighted by Crippen LogP contribution is 2.30. The Balaban J connectivity index is 1.73. The lowest BCUT2D eigenvalue weighted by molar-refractivity contribution is 0.567. The first-order valence-electron chi connectivity index (χ1n) is 10.0. The van der Waals surface area contributed by atoms with E-state index in [2.05, 4.69) is 11.1 Å². The standard InChI is InChI=1S/C23H18ClN5O2/c24-18-6-8-19(9-7-18)29-21-20(22(30)28(23(29)31)13-15-4-5-15)27(14-26-21)12-17-3-1-2-16(10-17)11-25/h1-3,6-10,14-15H,4-5,12-13H2. The number of hydrogen-bond donors (Lipinski definition) is 0. The van der Waals surface area contributed by atoms with Crippen molar-refractivity contribution in [3.05, 3.63) is 91.8 Å². The van der Waals surface area contributed by atoms with E-state index >= 15 is 0 Å². The van der Waals surface area contributed by atoms with Gasteiger partial charge < -0.3 is 4.57 Å². The van der Waals surface area contributed by atoms with Gasteiger partial charge in [-0.25, -0.2) is 14.3 Å². The van der Waals surface area contributed by atoms with E-state index < -0.39 is 5.69 Å². The van der Waals surface area contributed by atoms with Crippen molar-refractivity contribution in [3.8, 4) is 11.8 Å². The van der Waals surface area contributed by atoms with Crippen LogP contribution in [-0.4, -0.2) is 18.7 Å². The van der Waals surface area contributed by atoms with Gasteiger partial charge in [-0.1, -0.05) is 23.7 Å². The maximum atomic E-state index is 13.4. The molecule has 0 amide bonds. The van der Waals surface area contributed by atoms with Crippen molar-refractivity contribution in [2.75, 3.05) is 0 Å². The summed E-state index contributed by atoms with van der Waals surface area (Å²) in [4.78, 5) is 31.1. The molecule has 0 saturated heterocycles. The van der Waals surface area contributed by atoms with Crippen LogP contribution >= 0.6 is 11.6 Å². The second kappa shape index (κ2) is 7.56. The van der Waals surface area contributed by atoms with Gasteiger partial charge in [0.2, 0.25) is 0 Å². The van der Waals surface area contributed by atoms with Crippen molar-refractivity contribution in [1.82, 2.24) is 18.7 Å². The average molecular weight is 432 g/mol. The van der Waals surface area contributed by atoms with E-state index in [1.165, 1.54) is 9.13 Å². The third-order valence-electron chi connectivity index (χ3n) is 5.53. The van der Waals surface area contributed by atoms with E-state index in [0.29, 0.717) is 46.4 Å². The van der Waals surface area contributed by atoms with Crippen LogP contribution < -0.4 is 11.2 Å². The van der Waals surface area contributed by atoms with Gasteiger partial charge >= 0.3 is 5.69 Å². The van der Waals surface area contributed by atoms with Crippen molar-refractivity contribution in [1.29, 1.82) is 5.26 Å². The molecule has 0 unspecified atom stereocenters. The third-order valence-corrected chi connectivity index (χ3v) is 5.78. The molecule has 0 radical (unpaired) electrons. The highest BCUT2D eigenvalue weighted by Gasteiger charge is 2.26. The predicted molar refractivity (Wildman–Crippen MR) is 118 cm³/mol. The Morgan fingerprint density at radius 1 is 1.13 bits per heavy atom. The van der Waals surface area contributed by atoms with E-state index in [-0.39, 0.29) is 5.56 Å². The summed E-state index contributed by atoms with van der Waals surface area (Å²) in [5, 5.41) is 9.73. The molecule has 4 aromatic rings. The number of halogens is 1. The Bertz CT molecular complexity index is 1450. The fraction of sp³-hybridized carbons (Fsp3) is 0.217. The van der Waals surface area contributed by atoms with Crippen molar-refractivity contribution in [3.63, 3.8) is 0 Å². The van der Waals surface area contributed by atoms with Crippen molar-refractivity contribution in [2.24, 2.45) is 5.92 Å². The summed E-state index contributed by atoms with van der Waals surface area (Å²) in [5.41, 5.74) is 1.94. The van der Waals surface area contributed by atoms with E-state index in [1.807, 2.05) is 12.1 Å². The highest BCUT2D eigenvalue weighted by atomic mass is 35.5. The van der Waals surface area contributed by atoms with Crippen LogP contribution in [0.1, 0.15) is 24.0 Å². The fourth-order valence-electron chi connectivity index (χ4n) is 3.78. The number of hydrogen-bond acceptors (Lipinski definition) is 4. The zero-order valence-electron chi connectivity index (χ0n) is 16.5. The van der Waals surface area contributed by atoms with Gasteiger partial charge in [-0.15, -0.1) is 0 Å². The number of nitriles is 1. The van der Waals surface area contributed by atoms with Crippen molar-refractivity contribution in [2.45, 2.75) is 25.9 Å². The molecule has 154 valence electrons. The van der Waals surface area contributed by atoms with Gasteiger partial charge in [0.15, 0.2) is 11.2 Å². The zero-order valence-corrected chi connectivity index (χ0v) is 17.3. The summed E-state index contributed by atoms with van der Waals surface area (Å²) >= 11 is 6.02. The van der Waals surface area contributed by atoms with Gasteiger partial charge in [-0.3, -0.25) is 9.36 Å². The molecule has 0 bridgehead atoms. The first-order chi connectivity index (χ1) is 15.0. The summed E-state index contributed by atoms with van der Waals surface area (Å²) in [5.74, 6) is 0.352. The molecule has 1 fully saturated rings. The second-order valence-electron chi connectivity index (χ2n) is 7.81. The van der Waals surface area contributed by atoms with Crippen molar-refractivity contribution < 1.29 is 0 Å². The van der Waals surface area contributed by atoms with Gasteiger partial charge in [-0.2, -0.15) is 5.26 Å². The number of nitrogens with zero attached hydrogens (tertiary/aromatic N) is 5. The first kappa shape index (κ1) is 19.3. The normalized spacial score (nSPS) is 13.4. The molecule has 7 nitrogen and oxygen atoms in total. The number of benzene rings is 2. The molecule has 0 atom stereocenters. The fourth-order valence-corrected chi connectivity index (χ4v) is 3.90. The smallest absolute Gasteiger partial charge is 0.320 e. The first-order valence-corrected chi connectivity index (χ1v) is 10.4. The minimum Gasteiger partial charge on any atom is -0.320 e.